The van der Waals surface area contributed by atoms with Crippen molar-refractivity contribution in [2.24, 2.45) is 17.1 Å². The molecule has 0 spiro atoms. The number of amides is 1. The summed E-state index contributed by atoms with van der Waals surface area (Å²) in [6, 6.07) is 0.243. The molecule has 0 aromatic heterocycles. The minimum Gasteiger partial charge on any atom is -0.338 e. The first-order valence-electron chi connectivity index (χ1n) is 6.45. The van der Waals surface area contributed by atoms with E-state index >= 15 is 0 Å². The van der Waals surface area contributed by atoms with E-state index in [1.54, 1.807) is 0 Å². The van der Waals surface area contributed by atoms with Crippen molar-refractivity contribution in [1.82, 2.24) is 4.90 Å². The molecule has 0 aromatic carbocycles. The van der Waals surface area contributed by atoms with Gasteiger partial charge in [0.25, 0.3) is 0 Å². The molecule has 1 fully saturated rings. The lowest BCUT2D eigenvalue weighted by Crippen LogP contribution is -2.54. The molecule has 1 aliphatic rings. The first-order chi connectivity index (χ1) is 7.44. The Balaban J connectivity index is 2.81. The van der Waals surface area contributed by atoms with Gasteiger partial charge < -0.3 is 10.6 Å². The molecule has 1 amide bonds. The van der Waals surface area contributed by atoms with Crippen molar-refractivity contribution in [3.63, 3.8) is 0 Å². The number of carbonyl (C=O) groups is 1. The number of hydrogen-bond acceptors (Lipinski definition) is 2. The monoisotopic (exact) mass is 226 g/mol. The minimum atomic E-state index is -0.246. The van der Waals surface area contributed by atoms with Gasteiger partial charge in [-0.3, -0.25) is 4.79 Å². The molecule has 1 aliphatic heterocycles. The number of hydrogen-bond donors (Lipinski definition) is 1. The fourth-order valence-electron chi connectivity index (χ4n) is 2.40. The van der Waals surface area contributed by atoms with Crippen LogP contribution in [0.5, 0.6) is 0 Å². The van der Waals surface area contributed by atoms with Crippen molar-refractivity contribution in [3.05, 3.63) is 0 Å². The highest BCUT2D eigenvalue weighted by molar-refractivity contribution is 5.82. The molecule has 2 unspecified atom stereocenters. The molecular formula is C13H26N2O. The van der Waals surface area contributed by atoms with E-state index in [4.69, 9.17) is 5.73 Å². The van der Waals surface area contributed by atoms with Crippen LogP contribution in [-0.4, -0.2) is 29.9 Å². The predicted octanol–water partition coefficient (Wildman–Crippen LogP) is 2.01. The van der Waals surface area contributed by atoms with E-state index in [1.807, 2.05) is 18.7 Å². The van der Waals surface area contributed by atoms with Crippen LogP contribution in [0.4, 0.5) is 0 Å². The Morgan fingerprint density at radius 1 is 1.50 bits per heavy atom. The largest absolute Gasteiger partial charge is 0.338 e. The average Bonchev–Trinajstić information content (AvgIpc) is 2.27. The molecule has 16 heavy (non-hydrogen) atoms. The van der Waals surface area contributed by atoms with Gasteiger partial charge in [0.1, 0.15) is 0 Å². The molecule has 1 rings (SSSR count). The number of nitrogens with two attached hydrogens (primary N) is 1. The van der Waals surface area contributed by atoms with E-state index < -0.39 is 0 Å². The van der Waals surface area contributed by atoms with Gasteiger partial charge >= 0.3 is 0 Å². The van der Waals surface area contributed by atoms with Crippen LogP contribution in [0.2, 0.25) is 0 Å². The molecule has 3 nitrogen and oxygen atoms in total. The third-order valence-electron chi connectivity index (χ3n) is 4.08. The molecular weight excluding hydrogens is 200 g/mol. The normalized spacial score (nSPS) is 26.9. The van der Waals surface area contributed by atoms with Gasteiger partial charge in [-0.2, -0.15) is 0 Å². The minimum absolute atomic E-state index is 0.243. The predicted molar refractivity (Wildman–Crippen MR) is 67.0 cm³/mol. The van der Waals surface area contributed by atoms with Crippen molar-refractivity contribution in [1.29, 1.82) is 0 Å². The fraction of sp³-hybridized carbons (Fsp3) is 0.923. The first kappa shape index (κ1) is 13.5. The second-order valence-corrected chi connectivity index (χ2v) is 5.66. The van der Waals surface area contributed by atoms with Crippen LogP contribution in [0, 0.1) is 11.3 Å². The zero-order valence-corrected chi connectivity index (χ0v) is 11.1. The Labute approximate surface area is 99.4 Å². The zero-order valence-electron chi connectivity index (χ0n) is 11.1. The van der Waals surface area contributed by atoms with E-state index in [0.717, 1.165) is 19.4 Å². The maximum atomic E-state index is 12.4. The molecule has 1 saturated heterocycles. The quantitative estimate of drug-likeness (QED) is 0.800. The summed E-state index contributed by atoms with van der Waals surface area (Å²) in [5.41, 5.74) is 5.57. The lowest BCUT2D eigenvalue weighted by molar-refractivity contribution is -0.145. The molecule has 94 valence electrons. The summed E-state index contributed by atoms with van der Waals surface area (Å²) in [6.45, 7) is 9.81. The van der Waals surface area contributed by atoms with Gasteiger partial charge in [0.05, 0.1) is 0 Å². The second kappa shape index (κ2) is 5.17. The smallest absolute Gasteiger partial charge is 0.228 e. The van der Waals surface area contributed by atoms with E-state index in [0.29, 0.717) is 12.5 Å². The summed E-state index contributed by atoms with van der Waals surface area (Å²) >= 11 is 0. The van der Waals surface area contributed by atoms with Crippen molar-refractivity contribution < 1.29 is 4.79 Å². The van der Waals surface area contributed by atoms with Crippen molar-refractivity contribution in [3.8, 4) is 0 Å². The average molecular weight is 226 g/mol. The Morgan fingerprint density at radius 2 is 2.12 bits per heavy atom. The van der Waals surface area contributed by atoms with Gasteiger partial charge in [-0.15, -0.1) is 0 Å². The summed E-state index contributed by atoms with van der Waals surface area (Å²) in [6.07, 6.45) is 3.19. The highest BCUT2D eigenvalue weighted by atomic mass is 16.2. The summed E-state index contributed by atoms with van der Waals surface area (Å²) < 4.78 is 0. The number of carbonyl (C=O) groups excluding carboxylic acids is 1. The SMILES string of the molecule is CCC(C)(C)C(=O)N1CCCC(C)C1CN. The molecule has 0 radical (unpaired) electrons. The lowest BCUT2D eigenvalue weighted by atomic mass is 9.84. The van der Waals surface area contributed by atoms with Crippen LogP contribution < -0.4 is 5.73 Å². The van der Waals surface area contributed by atoms with E-state index in [-0.39, 0.29) is 17.4 Å². The molecule has 3 heteroatoms. The van der Waals surface area contributed by atoms with Crippen LogP contribution in [0.15, 0.2) is 0 Å². The van der Waals surface area contributed by atoms with Gasteiger partial charge in [0, 0.05) is 24.5 Å². The first-order valence-corrected chi connectivity index (χ1v) is 6.45. The van der Waals surface area contributed by atoms with Gasteiger partial charge in [-0.1, -0.05) is 27.7 Å². The molecule has 0 bridgehead atoms. The lowest BCUT2D eigenvalue weighted by Gasteiger charge is -2.42. The molecule has 0 saturated carbocycles. The molecule has 1 heterocycles. The van der Waals surface area contributed by atoms with Crippen LogP contribution in [0.1, 0.15) is 47.0 Å². The highest BCUT2D eigenvalue weighted by Crippen LogP contribution is 2.29. The van der Waals surface area contributed by atoms with Gasteiger partial charge in [-0.05, 0) is 25.2 Å². The van der Waals surface area contributed by atoms with Crippen LogP contribution in [0.3, 0.4) is 0 Å². The topological polar surface area (TPSA) is 46.3 Å². The highest BCUT2D eigenvalue weighted by Gasteiger charge is 2.37. The summed E-state index contributed by atoms with van der Waals surface area (Å²) in [4.78, 5) is 14.5. The standard InChI is InChI=1S/C13H26N2O/c1-5-13(3,4)12(16)15-8-6-7-10(2)11(15)9-14/h10-11H,5-9,14H2,1-4H3. The Morgan fingerprint density at radius 3 is 2.62 bits per heavy atom. The Kier molecular flexibility index (Phi) is 4.36. The summed E-state index contributed by atoms with van der Waals surface area (Å²) in [5, 5.41) is 0. The van der Waals surface area contributed by atoms with E-state index in [2.05, 4.69) is 13.8 Å². The summed E-state index contributed by atoms with van der Waals surface area (Å²) in [7, 11) is 0. The zero-order chi connectivity index (χ0) is 12.3. The van der Waals surface area contributed by atoms with Crippen LogP contribution in [-0.2, 0) is 4.79 Å². The molecule has 0 aromatic rings. The van der Waals surface area contributed by atoms with Crippen molar-refractivity contribution in [2.75, 3.05) is 13.1 Å². The maximum Gasteiger partial charge on any atom is 0.228 e. The number of rotatable bonds is 3. The molecule has 2 N–H and O–H groups in total. The van der Waals surface area contributed by atoms with Crippen LogP contribution in [0.25, 0.3) is 0 Å². The number of nitrogens with zero attached hydrogens (tertiary/aromatic N) is 1. The van der Waals surface area contributed by atoms with Crippen molar-refractivity contribution in [2.45, 2.75) is 53.0 Å². The van der Waals surface area contributed by atoms with Gasteiger partial charge in [0.15, 0.2) is 0 Å². The van der Waals surface area contributed by atoms with Gasteiger partial charge in [0.2, 0.25) is 5.91 Å². The third kappa shape index (κ3) is 2.57. The molecule has 0 aliphatic carbocycles. The molecule has 2 atom stereocenters. The van der Waals surface area contributed by atoms with E-state index in [9.17, 15) is 4.79 Å². The van der Waals surface area contributed by atoms with E-state index in [1.165, 1.54) is 6.42 Å². The number of piperidine rings is 1. The third-order valence-corrected chi connectivity index (χ3v) is 4.08. The van der Waals surface area contributed by atoms with Crippen LogP contribution >= 0.6 is 0 Å². The number of likely N-dealkylation sites (tertiary alicyclic amines) is 1. The maximum absolute atomic E-state index is 12.4. The Hall–Kier alpha value is -0.570. The Bertz CT molecular complexity index is 250. The summed E-state index contributed by atoms with van der Waals surface area (Å²) in [5.74, 6) is 0.812. The van der Waals surface area contributed by atoms with Gasteiger partial charge in [-0.25, -0.2) is 0 Å². The second-order valence-electron chi connectivity index (χ2n) is 5.66. The van der Waals surface area contributed by atoms with Crippen molar-refractivity contribution >= 4 is 5.91 Å². The fourth-order valence-corrected chi connectivity index (χ4v) is 2.40.